The summed E-state index contributed by atoms with van der Waals surface area (Å²) in [6.07, 6.45) is -0.427. The number of guanidine groups is 1. The van der Waals surface area contributed by atoms with Gasteiger partial charge in [0, 0.05) is 32.7 Å². The number of rotatable bonds is 8. The first kappa shape index (κ1) is 25.9. The maximum Gasteiger partial charge on any atom is 0.408 e. The number of benzene rings is 1. The highest BCUT2D eigenvalue weighted by Crippen LogP contribution is 2.11. The summed E-state index contributed by atoms with van der Waals surface area (Å²) < 4.78 is 10.8. The van der Waals surface area contributed by atoms with Crippen molar-refractivity contribution in [3.8, 4) is 0 Å². The molecule has 1 aromatic carbocycles. The normalized spacial score (nSPS) is 15.9. The molecule has 0 radical (unpaired) electrons. The van der Waals surface area contributed by atoms with E-state index in [2.05, 4.69) is 45.1 Å². The summed E-state index contributed by atoms with van der Waals surface area (Å²) in [5.74, 6) is 0.712. The number of hydrogen-bond acceptors (Lipinski definition) is 5. The van der Waals surface area contributed by atoms with Crippen LogP contribution in [-0.4, -0.2) is 67.5 Å². The Bertz CT molecular complexity index is 735. The van der Waals surface area contributed by atoms with Crippen molar-refractivity contribution in [2.24, 2.45) is 4.99 Å². The summed E-state index contributed by atoms with van der Waals surface area (Å²) in [4.78, 5) is 19.2. The summed E-state index contributed by atoms with van der Waals surface area (Å²) in [6.45, 7) is 17.9. The van der Waals surface area contributed by atoms with Gasteiger partial charge >= 0.3 is 6.09 Å². The molecule has 1 fully saturated rings. The Kier molecular flexibility index (Phi) is 9.78. The van der Waals surface area contributed by atoms with Crippen molar-refractivity contribution in [3.05, 3.63) is 35.4 Å². The highest BCUT2D eigenvalue weighted by molar-refractivity contribution is 5.80. The fraction of sp³-hybridized carbons (Fsp3) is 0.667. The molecular weight excluding hydrogens is 406 g/mol. The van der Waals surface area contributed by atoms with Gasteiger partial charge in [-0.3, -0.25) is 4.90 Å². The van der Waals surface area contributed by atoms with Crippen LogP contribution in [0.5, 0.6) is 0 Å². The molecule has 1 amide bonds. The molecule has 32 heavy (non-hydrogen) atoms. The van der Waals surface area contributed by atoms with Gasteiger partial charge < -0.3 is 25.4 Å². The fourth-order valence-corrected chi connectivity index (χ4v) is 3.21. The predicted octanol–water partition coefficient (Wildman–Crippen LogP) is 2.88. The van der Waals surface area contributed by atoms with Crippen molar-refractivity contribution < 1.29 is 14.3 Å². The second-order valence-corrected chi connectivity index (χ2v) is 9.76. The van der Waals surface area contributed by atoms with E-state index in [1.54, 1.807) is 0 Å². The van der Waals surface area contributed by atoms with Crippen LogP contribution in [-0.2, 0) is 22.6 Å². The molecule has 3 N–H and O–H groups in total. The van der Waals surface area contributed by atoms with E-state index < -0.39 is 17.2 Å². The van der Waals surface area contributed by atoms with Gasteiger partial charge in [0.1, 0.15) is 5.60 Å². The van der Waals surface area contributed by atoms with Crippen LogP contribution in [0.4, 0.5) is 4.79 Å². The third kappa shape index (κ3) is 10.3. The van der Waals surface area contributed by atoms with Gasteiger partial charge in [0.2, 0.25) is 0 Å². The van der Waals surface area contributed by atoms with Gasteiger partial charge in [-0.15, -0.1) is 0 Å². The number of nitrogens with zero attached hydrogens (tertiary/aromatic N) is 2. The van der Waals surface area contributed by atoms with Crippen molar-refractivity contribution in [1.82, 2.24) is 20.9 Å². The molecule has 0 bridgehead atoms. The third-order valence-corrected chi connectivity index (χ3v) is 4.83. The number of carbonyl (C=O) groups excluding carboxylic acids is 1. The summed E-state index contributed by atoms with van der Waals surface area (Å²) in [7, 11) is 0. The topological polar surface area (TPSA) is 87.2 Å². The second kappa shape index (κ2) is 12.1. The number of hydrogen-bond donors (Lipinski definition) is 3. The molecule has 0 saturated carbocycles. The zero-order valence-electron chi connectivity index (χ0n) is 20.6. The predicted molar refractivity (Wildman–Crippen MR) is 129 cm³/mol. The van der Waals surface area contributed by atoms with Crippen molar-refractivity contribution in [1.29, 1.82) is 0 Å². The van der Waals surface area contributed by atoms with Crippen LogP contribution in [0.1, 0.15) is 52.7 Å². The molecule has 0 aromatic heterocycles. The van der Waals surface area contributed by atoms with E-state index in [0.717, 1.165) is 45.0 Å². The van der Waals surface area contributed by atoms with Gasteiger partial charge in [0.25, 0.3) is 0 Å². The van der Waals surface area contributed by atoms with E-state index in [-0.39, 0.29) is 0 Å². The number of amides is 1. The van der Waals surface area contributed by atoms with E-state index in [1.165, 1.54) is 5.56 Å². The molecule has 0 unspecified atom stereocenters. The van der Waals surface area contributed by atoms with E-state index in [0.29, 0.717) is 19.0 Å². The maximum atomic E-state index is 12.1. The smallest absolute Gasteiger partial charge is 0.408 e. The van der Waals surface area contributed by atoms with Crippen molar-refractivity contribution in [3.63, 3.8) is 0 Å². The zero-order chi connectivity index (χ0) is 23.6. The van der Waals surface area contributed by atoms with Gasteiger partial charge in [-0.2, -0.15) is 0 Å². The molecule has 1 aliphatic rings. The second-order valence-electron chi connectivity index (χ2n) is 9.76. The molecule has 2 rings (SSSR count). The lowest BCUT2D eigenvalue weighted by Gasteiger charge is -2.29. The first-order valence-electron chi connectivity index (χ1n) is 11.5. The van der Waals surface area contributed by atoms with Gasteiger partial charge in [-0.25, -0.2) is 9.79 Å². The van der Waals surface area contributed by atoms with Crippen LogP contribution >= 0.6 is 0 Å². The molecule has 8 heteroatoms. The first-order chi connectivity index (χ1) is 15.1. The highest BCUT2D eigenvalue weighted by atomic mass is 16.6. The lowest BCUT2D eigenvalue weighted by atomic mass is 10.1. The number of alkyl carbamates (subject to hydrolysis) is 1. The summed E-state index contributed by atoms with van der Waals surface area (Å²) >= 11 is 0. The van der Waals surface area contributed by atoms with Crippen LogP contribution in [0.2, 0.25) is 0 Å². The Hall–Kier alpha value is -2.32. The van der Waals surface area contributed by atoms with Gasteiger partial charge in [0.05, 0.1) is 25.3 Å². The molecule has 0 aliphatic carbocycles. The van der Waals surface area contributed by atoms with Crippen LogP contribution in [0, 0.1) is 0 Å². The number of ether oxygens (including phenoxy) is 2. The van der Waals surface area contributed by atoms with Crippen LogP contribution < -0.4 is 16.0 Å². The average molecular weight is 448 g/mol. The Morgan fingerprint density at radius 3 is 2.28 bits per heavy atom. The highest BCUT2D eigenvalue weighted by Gasteiger charge is 2.24. The molecule has 8 nitrogen and oxygen atoms in total. The van der Waals surface area contributed by atoms with E-state index >= 15 is 0 Å². The summed E-state index contributed by atoms with van der Waals surface area (Å²) in [5, 5.41) is 9.48. The van der Waals surface area contributed by atoms with E-state index in [1.807, 2.05) is 41.5 Å². The van der Waals surface area contributed by atoms with E-state index in [9.17, 15) is 4.79 Å². The Morgan fingerprint density at radius 1 is 1.06 bits per heavy atom. The quantitative estimate of drug-likeness (QED) is 0.420. The van der Waals surface area contributed by atoms with Gasteiger partial charge in [-0.05, 0) is 52.7 Å². The molecule has 1 aromatic rings. The van der Waals surface area contributed by atoms with Crippen molar-refractivity contribution in [2.45, 2.75) is 65.8 Å². The number of aliphatic imine (C=N–C) groups is 1. The molecule has 1 saturated heterocycles. The first-order valence-corrected chi connectivity index (χ1v) is 11.5. The number of nitrogens with one attached hydrogen (secondary N) is 3. The van der Waals surface area contributed by atoms with E-state index in [4.69, 9.17) is 14.5 Å². The van der Waals surface area contributed by atoms with Crippen molar-refractivity contribution >= 4 is 12.1 Å². The van der Waals surface area contributed by atoms with Crippen LogP contribution in [0.15, 0.2) is 29.3 Å². The molecule has 0 spiro atoms. The molecule has 1 aliphatic heterocycles. The average Bonchev–Trinajstić information content (AvgIpc) is 2.70. The summed E-state index contributed by atoms with van der Waals surface area (Å²) in [5.41, 5.74) is 1.43. The van der Waals surface area contributed by atoms with Gasteiger partial charge in [0.15, 0.2) is 5.96 Å². The minimum atomic E-state index is -0.526. The van der Waals surface area contributed by atoms with Crippen LogP contribution in [0.25, 0.3) is 0 Å². The fourth-order valence-electron chi connectivity index (χ4n) is 3.21. The summed E-state index contributed by atoms with van der Waals surface area (Å²) in [6, 6.07) is 8.62. The number of morpholine rings is 1. The maximum absolute atomic E-state index is 12.1. The van der Waals surface area contributed by atoms with Crippen LogP contribution in [0.3, 0.4) is 0 Å². The molecule has 0 atom stereocenters. The monoisotopic (exact) mass is 447 g/mol. The minimum absolute atomic E-state index is 0.427. The largest absolute Gasteiger partial charge is 0.444 e. The molecule has 180 valence electrons. The molecule has 1 heterocycles. The standard InChI is InChI=1S/C24H41N5O3/c1-7-25-21(27-18-24(5,6)28-22(30)32-23(2,3)4)26-16-19-8-10-20(11-9-19)17-29-12-14-31-15-13-29/h8-11H,7,12-18H2,1-6H3,(H,28,30)(H2,25,26,27). The zero-order valence-corrected chi connectivity index (χ0v) is 20.6. The number of carbonyl (C=O) groups is 1. The minimum Gasteiger partial charge on any atom is -0.444 e. The SMILES string of the molecule is CCNC(=NCc1ccc(CN2CCOCC2)cc1)NCC(C)(C)NC(=O)OC(C)(C)C. The Morgan fingerprint density at radius 2 is 1.69 bits per heavy atom. The Balaban J connectivity index is 1.86. The lowest BCUT2D eigenvalue weighted by molar-refractivity contribution is 0.0342. The van der Waals surface area contributed by atoms with Crippen molar-refractivity contribution in [2.75, 3.05) is 39.4 Å². The third-order valence-electron chi connectivity index (χ3n) is 4.83. The van der Waals surface area contributed by atoms with Gasteiger partial charge in [-0.1, -0.05) is 24.3 Å². The molecular formula is C24H41N5O3. The Labute approximate surface area is 193 Å². The lowest BCUT2D eigenvalue weighted by Crippen LogP contribution is -2.54.